The fraction of sp³-hybridized carbons (Fsp3) is 0.133. The molecule has 21 heavy (non-hydrogen) atoms. The first kappa shape index (κ1) is 16.3. The molecule has 110 valence electrons. The summed E-state index contributed by atoms with van der Waals surface area (Å²) < 4.78 is 5.09. The van der Waals surface area contributed by atoms with E-state index in [0.717, 1.165) is 11.8 Å². The van der Waals surface area contributed by atoms with Crippen molar-refractivity contribution >= 4 is 23.0 Å². The molecule has 0 fully saturated rings. The van der Waals surface area contributed by atoms with Crippen molar-refractivity contribution in [3.05, 3.63) is 48.8 Å². The summed E-state index contributed by atoms with van der Waals surface area (Å²) in [6, 6.07) is 7.30. The summed E-state index contributed by atoms with van der Waals surface area (Å²) in [6.07, 6.45) is 5.20. The van der Waals surface area contributed by atoms with E-state index in [0.29, 0.717) is 5.75 Å². The summed E-state index contributed by atoms with van der Waals surface area (Å²) in [5, 5.41) is 11.8. The van der Waals surface area contributed by atoms with Gasteiger partial charge in [-0.1, -0.05) is 6.07 Å². The highest BCUT2D eigenvalue weighted by atomic mass is 16.5. The Hall–Kier alpha value is -2.73. The van der Waals surface area contributed by atoms with Crippen LogP contribution in [0.1, 0.15) is 0 Å². The predicted octanol–water partition coefficient (Wildman–Crippen LogP) is 0.295. The van der Waals surface area contributed by atoms with E-state index in [4.69, 9.17) is 10.1 Å². The van der Waals surface area contributed by atoms with Crippen molar-refractivity contribution in [3.8, 4) is 5.75 Å². The van der Waals surface area contributed by atoms with Gasteiger partial charge in [0, 0.05) is 31.5 Å². The van der Waals surface area contributed by atoms with Crippen LogP contribution < -0.4 is 15.4 Å². The number of carbonyl (C=O) groups is 2. The van der Waals surface area contributed by atoms with E-state index in [-0.39, 0.29) is 0 Å². The number of carbonyl (C=O) groups excluding carboxylic acids is 2. The summed E-state index contributed by atoms with van der Waals surface area (Å²) in [5.74, 6) is -0.566. The number of allylic oxidation sites excluding steroid dienone is 2. The van der Waals surface area contributed by atoms with Gasteiger partial charge in [0.15, 0.2) is 0 Å². The number of methoxy groups -OCH3 is 1. The van der Waals surface area contributed by atoms with Crippen LogP contribution in [0, 0.1) is 5.41 Å². The molecule has 0 amide bonds. The topological polar surface area (TPSA) is 95.9 Å². The van der Waals surface area contributed by atoms with Gasteiger partial charge in [0.2, 0.25) is 11.6 Å². The molecular formula is C15H18N3O3+. The number of ketones is 2. The van der Waals surface area contributed by atoms with E-state index in [1.54, 1.807) is 25.5 Å². The van der Waals surface area contributed by atoms with E-state index in [1.807, 2.05) is 18.2 Å². The van der Waals surface area contributed by atoms with Gasteiger partial charge in [-0.25, -0.2) is 0 Å². The van der Waals surface area contributed by atoms with Gasteiger partial charge >= 0.3 is 0 Å². The lowest BCUT2D eigenvalue weighted by Gasteiger charge is -1.99. The van der Waals surface area contributed by atoms with Crippen molar-refractivity contribution in [1.29, 1.82) is 5.41 Å². The molecule has 0 saturated heterocycles. The van der Waals surface area contributed by atoms with Crippen molar-refractivity contribution in [1.82, 2.24) is 5.32 Å². The molecule has 1 aromatic rings. The highest BCUT2D eigenvalue weighted by molar-refractivity contribution is 6.69. The lowest BCUT2D eigenvalue weighted by molar-refractivity contribution is -0.496. The minimum Gasteiger partial charge on any atom is -0.497 e. The molecule has 0 aliphatic carbocycles. The lowest BCUT2D eigenvalue weighted by Crippen LogP contribution is -2.71. The SMILES string of the molecule is CNC=CC(=O)C(=N)C(=O)C=C[NH2+]c1cccc(OC)c1. The van der Waals surface area contributed by atoms with Gasteiger partial charge in [0.25, 0.3) is 0 Å². The molecule has 0 heterocycles. The summed E-state index contributed by atoms with van der Waals surface area (Å²) >= 11 is 0. The second-order valence-electron chi connectivity index (χ2n) is 4.03. The number of hydrogen-bond acceptors (Lipinski definition) is 5. The summed E-state index contributed by atoms with van der Waals surface area (Å²) in [6.45, 7) is 0. The molecule has 0 aromatic heterocycles. The standard InChI is InChI=1S/C15H17N3O3/c1-17-8-6-13(19)15(16)14(20)7-9-18-11-4-3-5-12(10-11)21-2/h3-10,16-18H,1-2H3/p+1. The number of quaternary nitrogens is 1. The second kappa shape index (κ2) is 8.44. The van der Waals surface area contributed by atoms with E-state index in [1.165, 1.54) is 18.5 Å². The molecule has 6 nitrogen and oxygen atoms in total. The average molecular weight is 288 g/mol. The van der Waals surface area contributed by atoms with Crippen molar-refractivity contribution in [2.24, 2.45) is 0 Å². The fourth-order valence-electron chi connectivity index (χ4n) is 1.44. The Morgan fingerprint density at radius 1 is 1.29 bits per heavy atom. The lowest BCUT2D eigenvalue weighted by atomic mass is 10.1. The molecule has 1 rings (SSSR count). The number of nitrogens with one attached hydrogen (secondary N) is 2. The Balaban J connectivity index is 2.59. The van der Waals surface area contributed by atoms with Crippen LogP contribution >= 0.6 is 0 Å². The maximum absolute atomic E-state index is 11.6. The van der Waals surface area contributed by atoms with Gasteiger partial charge in [-0.15, -0.1) is 0 Å². The van der Waals surface area contributed by atoms with Gasteiger partial charge in [-0.3, -0.25) is 20.3 Å². The molecule has 0 atom stereocenters. The second-order valence-corrected chi connectivity index (χ2v) is 4.03. The number of benzene rings is 1. The molecule has 0 aliphatic rings. The Bertz CT molecular complexity index is 592. The van der Waals surface area contributed by atoms with Crippen LogP contribution in [-0.4, -0.2) is 31.4 Å². The summed E-state index contributed by atoms with van der Waals surface area (Å²) in [7, 11) is 3.20. The third-order valence-electron chi connectivity index (χ3n) is 2.52. The predicted molar refractivity (Wildman–Crippen MR) is 79.7 cm³/mol. The van der Waals surface area contributed by atoms with E-state index in [9.17, 15) is 9.59 Å². The monoisotopic (exact) mass is 288 g/mol. The number of rotatable bonds is 8. The van der Waals surface area contributed by atoms with Gasteiger partial charge < -0.3 is 10.1 Å². The normalized spacial score (nSPS) is 10.8. The Kier molecular flexibility index (Phi) is 6.56. The third kappa shape index (κ3) is 5.42. The molecule has 0 aliphatic heterocycles. The summed E-state index contributed by atoms with van der Waals surface area (Å²) in [5.41, 5.74) is 0.281. The summed E-state index contributed by atoms with van der Waals surface area (Å²) in [4.78, 5) is 23.1. The first-order valence-electron chi connectivity index (χ1n) is 6.25. The Morgan fingerprint density at radius 3 is 2.67 bits per heavy atom. The van der Waals surface area contributed by atoms with Gasteiger partial charge in [0.05, 0.1) is 7.11 Å². The zero-order valence-electron chi connectivity index (χ0n) is 11.9. The minimum absolute atomic E-state index is 0.572. The molecule has 0 saturated carbocycles. The van der Waals surface area contributed by atoms with Crippen LogP contribution in [0.4, 0.5) is 5.69 Å². The molecule has 0 radical (unpaired) electrons. The zero-order chi connectivity index (χ0) is 15.7. The van der Waals surface area contributed by atoms with Crippen molar-refractivity contribution in [2.45, 2.75) is 0 Å². The first-order chi connectivity index (χ1) is 10.1. The number of nitrogens with two attached hydrogens (primary N) is 1. The molecule has 0 unspecified atom stereocenters. The van der Waals surface area contributed by atoms with E-state index >= 15 is 0 Å². The highest BCUT2D eigenvalue weighted by Crippen LogP contribution is 2.12. The van der Waals surface area contributed by atoms with Crippen molar-refractivity contribution in [3.63, 3.8) is 0 Å². The number of hydrogen-bond donors (Lipinski definition) is 3. The quantitative estimate of drug-likeness (QED) is 0.277. The zero-order valence-corrected chi connectivity index (χ0v) is 11.9. The Labute approximate surface area is 123 Å². The third-order valence-corrected chi connectivity index (χ3v) is 2.52. The van der Waals surface area contributed by atoms with E-state index < -0.39 is 17.3 Å². The molecule has 4 N–H and O–H groups in total. The average Bonchev–Trinajstić information content (AvgIpc) is 2.51. The van der Waals surface area contributed by atoms with Crippen LogP contribution in [0.15, 0.2) is 48.8 Å². The largest absolute Gasteiger partial charge is 0.497 e. The maximum atomic E-state index is 11.6. The molecule has 6 heteroatoms. The van der Waals surface area contributed by atoms with Gasteiger partial charge in [0.1, 0.15) is 23.3 Å². The van der Waals surface area contributed by atoms with Gasteiger partial charge in [-0.2, -0.15) is 0 Å². The van der Waals surface area contributed by atoms with Gasteiger partial charge in [-0.05, 0) is 12.1 Å². The molecule has 0 spiro atoms. The van der Waals surface area contributed by atoms with Crippen LogP contribution in [-0.2, 0) is 9.59 Å². The highest BCUT2D eigenvalue weighted by Gasteiger charge is 2.13. The molecule has 0 bridgehead atoms. The van der Waals surface area contributed by atoms with Crippen LogP contribution in [0.2, 0.25) is 0 Å². The van der Waals surface area contributed by atoms with E-state index in [2.05, 4.69) is 5.32 Å². The smallest absolute Gasteiger partial charge is 0.212 e. The first-order valence-corrected chi connectivity index (χ1v) is 6.25. The number of ether oxygens (including phenoxy) is 1. The van der Waals surface area contributed by atoms with Crippen LogP contribution in [0.25, 0.3) is 0 Å². The van der Waals surface area contributed by atoms with Crippen molar-refractivity contribution < 1.29 is 19.6 Å². The fourth-order valence-corrected chi connectivity index (χ4v) is 1.44. The maximum Gasteiger partial charge on any atom is 0.212 e. The van der Waals surface area contributed by atoms with Crippen molar-refractivity contribution in [2.75, 3.05) is 14.2 Å². The minimum atomic E-state index is -0.639. The van der Waals surface area contributed by atoms with Crippen LogP contribution in [0.5, 0.6) is 5.75 Å². The van der Waals surface area contributed by atoms with Crippen LogP contribution in [0.3, 0.4) is 0 Å². The molecular weight excluding hydrogens is 270 g/mol. The Morgan fingerprint density at radius 2 is 2.00 bits per heavy atom. The molecule has 1 aromatic carbocycles.